The van der Waals surface area contributed by atoms with Crippen LogP contribution in [-0.4, -0.2) is 35.8 Å². The number of para-hydroxylation sites is 1. The molecule has 0 bridgehead atoms. The number of nitrogens with one attached hydrogen (secondary N) is 1. The Morgan fingerprint density at radius 1 is 1.00 bits per heavy atom. The molecule has 3 aromatic carbocycles. The van der Waals surface area contributed by atoms with Gasteiger partial charge in [-0.2, -0.15) is 5.10 Å². The van der Waals surface area contributed by atoms with Crippen LogP contribution in [0.1, 0.15) is 22.3 Å². The maximum Gasteiger partial charge on any atom is 0.251 e. The molecule has 3 N–H and O–H groups in total. The topological polar surface area (TPSA) is 76.2 Å². The molecule has 0 fully saturated rings. The van der Waals surface area contributed by atoms with Crippen molar-refractivity contribution >= 4 is 17.4 Å². The van der Waals surface area contributed by atoms with Crippen LogP contribution in [0.2, 0.25) is 0 Å². The molecule has 0 aliphatic heterocycles. The summed E-state index contributed by atoms with van der Waals surface area (Å²) in [7, 11) is 2.06. The fourth-order valence-electron chi connectivity index (χ4n) is 3.73. The van der Waals surface area contributed by atoms with Crippen LogP contribution in [0.3, 0.4) is 0 Å². The van der Waals surface area contributed by atoms with Gasteiger partial charge in [-0.05, 0) is 55.8 Å². The molecule has 4 aromatic rings. The van der Waals surface area contributed by atoms with Crippen LogP contribution in [0.4, 0.5) is 11.5 Å². The first kappa shape index (κ1) is 22.1. The number of rotatable bonds is 8. The smallest absolute Gasteiger partial charge is 0.251 e. The molecular weight excluding hydrogens is 410 g/mol. The van der Waals surface area contributed by atoms with Crippen LogP contribution in [-0.2, 0) is 0 Å². The Morgan fingerprint density at radius 2 is 1.76 bits per heavy atom. The molecule has 0 saturated carbocycles. The van der Waals surface area contributed by atoms with Gasteiger partial charge in [-0.1, -0.05) is 42.0 Å². The Hall–Kier alpha value is -4.06. The van der Waals surface area contributed by atoms with Crippen molar-refractivity contribution in [3.8, 4) is 16.9 Å². The lowest BCUT2D eigenvalue weighted by Gasteiger charge is -2.19. The van der Waals surface area contributed by atoms with Gasteiger partial charge < -0.3 is 16.0 Å². The van der Waals surface area contributed by atoms with Crippen molar-refractivity contribution in [3.63, 3.8) is 0 Å². The summed E-state index contributed by atoms with van der Waals surface area (Å²) in [6.45, 7) is 3.53. The van der Waals surface area contributed by atoms with E-state index in [2.05, 4.69) is 53.6 Å². The third-order valence-corrected chi connectivity index (χ3v) is 5.58. The molecule has 0 saturated heterocycles. The fraction of sp³-hybridized carbons (Fsp3) is 0.185. The van der Waals surface area contributed by atoms with E-state index in [4.69, 9.17) is 5.73 Å². The van der Waals surface area contributed by atoms with Crippen molar-refractivity contribution in [1.29, 1.82) is 0 Å². The normalized spacial score (nSPS) is 10.7. The summed E-state index contributed by atoms with van der Waals surface area (Å²) in [4.78, 5) is 14.7. The van der Waals surface area contributed by atoms with E-state index in [9.17, 15) is 4.79 Å². The fourth-order valence-corrected chi connectivity index (χ4v) is 3.73. The molecule has 1 aromatic heterocycles. The molecule has 6 heteroatoms. The molecule has 4 rings (SSSR count). The average Bonchev–Trinajstić information content (AvgIpc) is 3.24. The second kappa shape index (κ2) is 10.0. The van der Waals surface area contributed by atoms with Crippen molar-refractivity contribution in [3.05, 3.63) is 96.1 Å². The van der Waals surface area contributed by atoms with Gasteiger partial charge in [0.1, 0.15) is 5.82 Å². The monoisotopic (exact) mass is 439 g/mol. The lowest BCUT2D eigenvalue weighted by molar-refractivity contribution is 0.0953. The molecule has 0 radical (unpaired) electrons. The minimum absolute atomic E-state index is 0.0854. The molecule has 168 valence electrons. The molecule has 33 heavy (non-hydrogen) atoms. The SMILES string of the molecule is Cc1cccc(-c2cc(N)n(-c3ccc(C(=O)NCCCN(C)c4ccccc4)cc3)n2)c1. The van der Waals surface area contributed by atoms with Crippen LogP contribution in [0.5, 0.6) is 0 Å². The number of nitrogens with two attached hydrogens (primary N) is 1. The van der Waals surface area contributed by atoms with Gasteiger partial charge in [0.15, 0.2) is 0 Å². The van der Waals surface area contributed by atoms with E-state index < -0.39 is 0 Å². The Labute approximate surface area is 194 Å². The first-order chi connectivity index (χ1) is 16.0. The number of nitrogens with zero attached hydrogens (tertiary/aromatic N) is 3. The first-order valence-electron chi connectivity index (χ1n) is 11.1. The van der Waals surface area contributed by atoms with Gasteiger partial charge in [0.25, 0.3) is 5.91 Å². The second-order valence-corrected chi connectivity index (χ2v) is 8.15. The Morgan fingerprint density at radius 3 is 2.48 bits per heavy atom. The number of carbonyl (C=O) groups is 1. The quantitative estimate of drug-likeness (QED) is 0.391. The van der Waals surface area contributed by atoms with Gasteiger partial charge in [-0.3, -0.25) is 4.79 Å². The maximum atomic E-state index is 12.5. The zero-order chi connectivity index (χ0) is 23.2. The molecular formula is C27H29N5O. The zero-order valence-electron chi connectivity index (χ0n) is 19.0. The molecule has 0 aliphatic carbocycles. The largest absolute Gasteiger partial charge is 0.384 e. The van der Waals surface area contributed by atoms with Crippen LogP contribution < -0.4 is 16.0 Å². The van der Waals surface area contributed by atoms with E-state index in [1.54, 1.807) is 16.8 Å². The number of hydrogen-bond acceptors (Lipinski definition) is 4. The summed E-state index contributed by atoms with van der Waals surface area (Å²) >= 11 is 0. The molecule has 1 amide bonds. The number of carbonyl (C=O) groups excluding carboxylic acids is 1. The minimum atomic E-state index is -0.0854. The Kier molecular flexibility index (Phi) is 6.74. The number of amides is 1. The summed E-state index contributed by atoms with van der Waals surface area (Å²) in [6.07, 6.45) is 0.862. The van der Waals surface area contributed by atoms with E-state index in [-0.39, 0.29) is 5.91 Å². The van der Waals surface area contributed by atoms with E-state index in [1.165, 1.54) is 11.3 Å². The minimum Gasteiger partial charge on any atom is -0.384 e. The number of aromatic nitrogens is 2. The highest BCUT2D eigenvalue weighted by molar-refractivity contribution is 5.94. The predicted molar refractivity (Wildman–Crippen MR) is 135 cm³/mol. The van der Waals surface area contributed by atoms with E-state index in [1.807, 2.05) is 48.5 Å². The molecule has 0 unspecified atom stereocenters. The Balaban J connectivity index is 1.34. The summed E-state index contributed by atoms with van der Waals surface area (Å²) in [6, 6.07) is 27.6. The van der Waals surface area contributed by atoms with Gasteiger partial charge in [0, 0.05) is 43.0 Å². The van der Waals surface area contributed by atoms with Crippen molar-refractivity contribution < 1.29 is 4.79 Å². The molecule has 6 nitrogen and oxygen atoms in total. The number of benzene rings is 3. The predicted octanol–water partition coefficient (Wildman–Crippen LogP) is 4.69. The highest BCUT2D eigenvalue weighted by Gasteiger charge is 2.11. The van der Waals surface area contributed by atoms with Crippen molar-refractivity contribution in [2.45, 2.75) is 13.3 Å². The average molecular weight is 440 g/mol. The third-order valence-electron chi connectivity index (χ3n) is 5.58. The van der Waals surface area contributed by atoms with Crippen LogP contribution >= 0.6 is 0 Å². The van der Waals surface area contributed by atoms with Crippen molar-refractivity contribution in [1.82, 2.24) is 15.1 Å². The van der Waals surface area contributed by atoms with Gasteiger partial charge >= 0.3 is 0 Å². The standard InChI is InChI=1S/C27H29N5O/c1-20-8-6-9-22(18-20)25-19-26(28)32(30-25)24-14-12-21(13-15-24)27(33)29-16-7-17-31(2)23-10-4-3-5-11-23/h3-6,8-15,18-19H,7,16-17,28H2,1-2H3,(H,29,33). The van der Waals surface area contributed by atoms with E-state index >= 15 is 0 Å². The van der Waals surface area contributed by atoms with Crippen LogP contribution in [0.15, 0.2) is 84.9 Å². The van der Waals surface area contributed by atoms with Crippen molar-refractivity contribution in [2.75, 3.05) is 30.8 Å². The number of hydrogen-bond donors (Lipinski definition) is 2. The number of nitrogen functional groups attached to an aromatic ring is 1. The van der Waals surface area contributed by atoms with Crippen molar-refractivity contribution in [2.24, 2.45) is 0 Å². The maximum absolute atomic E-state index is 12.5. The van der Waals surface area contributed by atoms with Gasteiger partial charge in [-0.15, -0.1) is 0 Å². The van der Waals surface area contributed by atoms with Gasteiger partial charge in [0.05, 0.1) is 11.4 Å². The summed E-state index contributed by atoms with van der Waals surface area (Å²) in [5.41, 5.74) is 11.8. The first-order valence-corrected chi connectivity index (χ1v) is 11.1. The van der Waals surface area contributed by atoms with Crippen LogP contribution in [0.25, 0.3) is 16.9 Å². The Bertz CT molecular complexity index is 1220. The lowest BCUT2D eigenvalue weighted by Crippen LogP contribution is -2.28. The van der Waals surface area contributed by atoms with Gasteiger partial charge in [-0.25, -0.2) is 4.68 Å². The lowest BCUT2D eigenvalue weighted by atomic mass is 10.1. The highest BCUT2D eigenvalue weighted by atomic mass is 16.1. The molecule has 0 aliphatic rings. The summed E-state index contributed by atoms with van der Waals surface area (Å²) in [5, 5.41) is 7.65. The number of anilines is 2. The zero-order valence-corrected chi connectivity index (χ0v) is 19.0. The number of aryl methyl sites for hydroxylation is 1. The third kappa shape index (κ3) is 5.41. The van der Waals surface area contributed by atoms with Gasteiger partial charge in [0.2, 0.25) is 0 Å². The van der Waals surface area contributed by atoms with E-state index in [0.29, 0.717) is 17.9 Å². The second-order valence-electron chi connectivity index (χ2n) is 8.15. The molecule has 0 atom stereocenters. The highest BCUT2D eigenvalue weighted by Crippen LogP contribution is 2.24. The molecule has 0 spiro atoms. The van der Waals surface area contributed by atoms with E-state index in [0.717, 1.165) is 29.9 Å². The summed E-state index contributed by atoms with van der Waals surface area (Å²) < 4.78 is 1.69. The van der Waals surface area contributed by atoms with Crippen LogP contribution in [0, 0.1) is 6.92 Å². The summed E-state index contributed by atoms with van der Waals surface area (Å²) in [5.74, 6) is 0.462. The molecule has 1 heterocycles.